The van der Waals surface area contributed by atoms with Gasteiger partial charge in [0.05, 0.1) is 6.04 Å². The summed E-state index contributed by atoms with van der Waals surface area (Å²) in [6, 6.07) is 10.1. The van der Waals surface area contributed by atoms with Crippen LogP contribution in [0.1, 0.15) is 51.1 Å². The Labute approximate surface area is 116 Å². The molecule has 1 atom stereocenters. The van der Waals surface area contributed by atoms with E-state index in [4.69, 9.17) is 0 Å². The summed E-state index contributed by atoms with van der Waals surface area (Å²) in [4.78, 5) is 11.8. The summed E-state index contributed by atoms with van der Waals surface area (Å²) < 4.78 is 0. The third-order valence-corrected chi connectivity index (χ3v) is 3.16. The quantitative estimate of drug-likeness (QED) is 0.672. The number of amides is 1. The van der Waals surface area contributed by atoms with Gasteiger partial charge in [-0.15, -0.1) is 0 Å². The van der Waals surface area contributed by atoms with Gasteiger partial charge in [-0.25, -0.2) is 0 Å². The van der Waals surface area contributed by atoms with Gasteiger partial charge < -0.3 is 10.6 Å². The normalized spacial score (nSPS) is 12.1. The van der Waals surface area contributed by atoms with Gasteiger partial charge in [0.1, 0.15) is 0 Å². The van der Waals surface area contributed by atoms with E-state index >= 15 is 0 Å². The predicted molar refractivity (Wildman–Crippen MR) is 80.0 cm³/mol. The van der Waals surface area contributed by atoms with Gasteiger partial charge in [-0.2, -0.15) is 0 Å². The highest BCUT2D eigenvalue weighted by molar-refractivity contribution is 5.76. The van der Waals surface area contributed by atoms with Gasteiger partial charge in [0.15, 0.2) is 0 Å². The Morgan fingerprint density at radius 3 is 2.58 bits per heavy atom. The van der Waals surface area contributed by atoms with Crippen LogP contribution in [0.4, 0.5) is 0 Å². The van der Waals surface area contributed by atoms with Crippen molar-refractivity contribution in [3.63, 3.8) is 0 Å². The van der Waals surface area contributed by atoms with Crippen molar-refractivity contribution in [1.82, 2.24) is 10.6 Å². The Balaban J connectivity index is 2.14. The highest BCUT2D eigenvalue weighted by atomic mass is 16.1. The molecule has 0 radical (unpaired) electrons. The summed E-state index contributed by atoms with van der Waals surface area (Å²) in [6.45, 7) is 5.98. The van der Waals surface area contributed by atoms with Crippen LogP contribution in [0.15, 0.2) is 30.3 Å². The lowest BCUT2D eigenvalue weighted by molar-refractivity contribution is -0.121. The summed E-state index contributed by atoms with van der Waals surface area (Å²) in [5.74, 6) is 0.111. The van der Waals surface area contributed by atoms with E-state index in [1.165, 1.54) is 19.3 Å². The lowest BCUT2D eigenvalue weighted by atomic mass is 10.1. The second-order valence-electron chi connectivity index (χ2n) is 4.91. The van der Waals surface area contributed by atoms with Gasteiger partial charge in [-0.3, -0.25) is 4.79 Å². The van der Waals surface area contributed by atoms with E-state index < -0.39 is 0 Å². The van der Waals surface area contributed by atoms with Crippen molar-refractivity contribution in [2.24, 2.45) is 0 Å². The summed E-state index contributed by atoms with van der Waals surface area (Å²) in [7, 11) is 0. The van der Waals surface area contributed by atoms with Crippen LogP contribution >= 0.6 is 0 Å². The molecule has 3 heteroatoms. The van der Waals surface area contributed by atoms with Crippen molar-refractivity contribution in [1.29, 1.82) is 0 Å². The van der Waals surface area contributed by atoms with Crippen molar-refractivity contribution in [3.05, 3.63) is 35.9 Å². The van der Waals surface area contributed by atoms with E-state index in [-0.39, 0.29) is 11.9 Å². The van der Waals surface area contributed by atoms with E-state index in [0.29, 0.717) is 6.42 Å². The maximum absolute atomic E-state index is 11.8. The highest BCUT2D eigenvalue weighted by Gasteiger charge is 2.08. The minimum Gasteiger partial charge on any atom is -0.350 e. The molecule has 2 N–H and O–H groups in total. The van der Waals surface area contributed by atoms with Gasteiger partial charge in [0.2, 0.25) is 5.91 Å². The first-order chi connectivity index (χ1) is 9.24. The fourth-order valence-electron chi connectivity index (χ4n) is 1.97. The summed E-state index contributed by atoms with van der Waals surface area (Å²) in [6.07, 6.45) is 4.23. The van der Waals surface area contributed by atoms with Gasteiger partial charge >= 0.3 is 0 Å². The van der Waals surface area contributed by atoms with Crippen LogP contribution in [-0.2, 0) is 4.79 Å². The topological polar surface area (TPSA) is 41.1 Å². The maximum Gasteiger partial charge on any atom is 0.221 e. The second kappa shape index (κ2) is 9.56. The second-order valence-corrected chi connectivity index (χ2v) is 4.91. The molecule has 0 saturated heterocycles. The maximum atomic E-state index is 11.8. The predicted octanol–water partition coefficient (Wildman–Crippen LogP) is 3.03. The van der Waals surface area contributed by atoms with Crippen LogP contribution in [0, 0.1) is 0 Å². The molecule has 0 aliphatic carbocycles. The van der Waals surface area contributed by atoms with Crippen molar-refractivity contribution in [2.45, 2.75) is 45.6 Å². The molecular formula is C16H26N2O. The highest BCUT2D eigenvalue weighted by Crippen LogP contribution is 2.10. The SMILES string of the molecule is CCCCCNCCC(=O)NC(C)c1ccccc1. The molecule has 1 aromatic carbocycles. The Morgan fingerprint density at radius 2 is 1.89 bits per heavy atom. The molecule has 1 amide bonds. The summed E-state index contributed by atoms with van der Waals surface area (Å²) in [5, 5.41) is 6.32. The number of hydrogen-bond donors (Lipinski definition) is 2. The molecule has 0 fully saturated rings. The monoisotopic (exact) mass is 262 g/mol. The van der Waals surface area contributed by atoms with Gasteiger partial charge in [0.25, 0.3) is 0 Å². The standard InChI is InChI=1S/C16H26N2O/c1-3-4-8-12-17-13-11-16(19)18-14(2)15-9-6-5-7-10-15/h5-7,9-10,14,17H,3-4,8,11-13H2,1-2H3,(H,18,19). The molecule has 1 rings (SSSR count). The van der Waals surface area contributed by atoms with E-state index in [9.17, 15) is 4.79 Å². The molecule has 0 aliphatic rings. The number of nitrogens with one attached hydrogen (secondary N) is 2. The van der Waals surface area contributed by atoms with Crippen LogP contribution < -0.4 is 10.6 Å². The fraction of sp³-hybridized carbons (Fsp3) is 0.562. The molecule has 0 aliphatic heterocycles. The van der Waals surface area contributed by atoms with Crippen LogP contribution in [0.3, 0.4) is 0 Å². The summed E-state index contributed by atoms with van der Waals surface area (Å²) >= 11 is 0. The third-order valence-electron chi connectivity index (χ3n) is 3.16. The van der Waals surface area contributed by atoms with Gasteiger partial charge in [-0.1, -0.05) is 50.1 Å². The summed E-state index contributed by atoms with van der Waals surface area (Å²) in [5.41, 5.74) is 1.15. The Kier molecular flexibility index (Phi) is 7.91. The molecule has 106 valence electrons. The number of carbonyl (C=O) groups is 1. The minimum atomic E-state index is 0.0776. The zero-order chi connectivity index (χ0) is 13.9. The van der Waals surface area contributed by atoms with Crippen molar-refractivity contribution >= 4 is 5.91 Å². The Hall–Kier alpha value is -1.35. The number of rotatable bonds is 9. The molecule has 0 aromatic heterocycles. The van der Waals surface area contributed by atoms with Crippen LogP contribution in [0.2, 0.25) is 0 Å². The zero-order valence-electron chi connectivity index (χ0n) is 12.1. The first kappa shape index (κ1) is 15.7. The molecule has 0 heterocycles. The van der Waals surface area contributed by atoms with Gasteiger partial charge in [-0.05, 0) is 25.5 Å². The average Bonchev–Trinajstić information content (AvgIpc) is 2.43. The fourth-order valence-corrected chi connectivity index (χ4v) is 1.97. The smallest absolute Gasteiger partial charge is 0.221 e. The van der Waals surface area contributed by atoms with Crippen molar-refractivity contribution in [3.8, 4) is 0 Å². The zero-order valence-corrected chi connectivity index (χ0v) is 12.1. The molecular weight excluding hydrogens is 236 g/mol. The first-order valence-corrected chi connectivity index (χ1v) is 7.29. The van der Waals surface area contributed by atoms with Crippen LogP contribution in [0.25, 0.3) is 0 Å². The minimum absolute atomic E-state index is 0.0776. The number of hydrogen-bond acceptors (Lipinski definition) is 2. The number of carbonyl (C=O) groups excluding carboxylic acids is 1. The van der Waals surface area contributed by atoms with Gasteiger partial charge in [0, 0.05) is 13.0 Å². The van der Waals surface area contributed by atoms with E-state index in [1.54, 1.807) is 0 Å². The molecule has 1 unspecified atom stereocenters. The molecule has 0 bridgehead atoms. The van der Waals surface area contributed by atoms with E-state index in [2.05, 4.69) is 17.6 Å². The van der Waals surface area contributed by atoms with E-state index in [0.717, 1.165) is 18.7 Å². The Morgan fingerprint density at radius 1 is 1.16 bits per heavy atom. The lowest BCUT2D eigenvalue weighted by Gasteiger charge is -2.14. The largest absolute Gasteiger partial charge is 0.350 e. The third kappa shape index (κ3) is 6.97. The molecule has 19 heavy (non-hydrogen) atoms. The molecule has 0 saturated carbocycles. The van der Waals surface area contributed by atoms with Crippen LogP contribution in [0.5, 0.6) is 0 Å². The van der Waals surface area contributed by atoms with E-state index in [1.807, 2.05) is 37.3 Å². The molecule has 3 nitrogen and oxygen atoms in total. The average molecular weight is 262 g/mol. The number of benzene rings is 1. The first-order valence-electron chi connectivity index (χ1n) is 7.29. The van der Waals surface area contributed by atoms with Crippen molar-refractivity contribution < 1.29 is 4.79 Å². The molecule has 1 aromatic rings. The number of unbranched alkanes of at least 4 members (excludes halogenated alkanes) is 2. The van der Waals surface area contributed by atoms with Crippen LogP contribution in [-0.4, -0.2) is 19.0 Å². The molecule has 0 spiro atoms. The van der Waals surface area contributed by atoms with Crippen molar-refractivity contribution in [2.75, 3.05) is 13.1 Å². The lowest BCUT2D eigenvalue weighted by Crippen LogP contribution is -2.30. The Bertz CT molecular complexity index is 351.